The highest BCUT2D eigenvalue weighted by atomic mass is 79.9. The van der Waals surface area contributed by atoms with Crippen molar-refractivity contribution < 1.29 is 23.8 Å². The molecule has 2 N–H and O–H groups in total. The Kier molecular flexibility index (Phi) is 8.77. The van der Waals surface area contributed by atoms with E-state index in [1.807, 2.05) is 30.3 Å². The summed E-state index contributed by atoms with van der Waals surface area (Å²) >= 11 is 9.17. The highest BCUT2D eigenvalue weighted by Crippen LogP contribution is 2.27. The van der Waals surface area contributed by atoms with E-state index in [2.05, 4.69) is 26.8 Å². The number of ether oxygens (including phenoxy) is 3. The van der Waals surface area contributed by atoms with Crippen LogP contribution in [-0.4, -0.2) is 31.6 Å². The monoisotopic (exact) mass is 518 g/mol. The second-order valence-electron chi connectivity index (χ2n) is 6.40. The molecule has 0 aliphatic heterocycles. The quantitative estimate of drug-likeness (QED) is 0.323. The number of benzene rings is 3. The summed E-state index contributed by atoms with van der Waals surface area (Å²) in [5, 5.41) is 0.538. The first-order chi connectivity index (χ1) is 15.5. The Morgan fingerprint density at radius 2 is 1.53 bits per heavy atom. The summed E-state index contributed by atoms with van der Waals surface area (Å²) in [5.41, 5.74) is 4.98. The van der Waals surface area contributed by atoms with E-state index < -0.39 is 11.8 Å². The number of hydrogen-bond donors (Lipinski definition) is 2. The number of hydrazine groups is 1. The molecule has 3 rings (SSSR count). The third-order valence-electron chi connectivity index (χ3n) is 4.03. The van der Waals surface area contributed by atoms with Crippen LogP contribution in [0.4, 0.5) is 0 Å². The molecule has 0 aliphatic carbocycles. The number of para-hydroxylation sites is 1. The predicted octanol–water partition coefficient (Wildman–Crippen LogP) is 4.40. The van der Waals surface area contributed by atoms with Gasteiger partial charge in [0.2, 0.25) is 0 Å². The standard InChI is InChI=1S/C23H20BrClN2O5/c24-20-14-17(25)9-10-21(20)32-15-22(28)26-27-23(29)16-5-4-8-19(13-16)31-12-11-30-18-6-2-1-3-7-18/h1-10,13-14H,11-12,15H2,(H,26,28)(H,27,29). The van der Waals surface area contributed by atoms with Gasteiger partial charge in [0.05, 0.1) is 4.47 Å². The number of carbonyl (C=O) groups is 2. The van der Waals surface area contributed by atoms with Crippen molar-refractivity contribution in [3.63, 3.8) is 0 Å². The second kappa shape index (κ2) is 12.0. The lowest BCUT2D eigenvalue weighted by atomic mass is 10.2. The third kappa shape index (κ3) is 7.47. The van der Waals surface area contributed by atoms with Gasteiger partial charge >= 0.3 is 0 Å². The lowest BCUT2D eigenvalue weighted by molar-refractivity contribution is -0.123. The van der Waals surface area contributed by atoms with Crippen molar-refractivity contribution in [2.45, 2.75) is 0 Å². The van der Waals surface area contributed by atoms with Crippen LogP contribution >= 0.6 is 27.5 Å². The number of halogens is 2. The average molecular weight is 520 g/mol. The molecule has 0 aliphatic rings. The van der Waals surface area contributed by atoms with E-state index in [4.69, 9.17) is 25.8 Å². The fourth-order valence-corrected chi connectivity index (χ4v) is 3.33. The maximum absolute atomic E-state index is 12.3. The van der Waals surface area contributed by atoms with Crippen LogP contribution in [0.2, 0.25) is 5.02 Å². The minimum Gasteiger partial charge on any atom is -0.490 e. The highest BCUT2D eigenvalue weighted by molar-refractivity contribution is 9.10. The van der Waals surface area contributed by atoms with Crippen molar-refractivity contribution in [1.29, 1.82) is 0 Å². The van der Waals surface area contributed by atoms with Crippen LogP contribution in [0.5, 0.6) is 17.2 Å². The maximum Gasteiger partial charge on any atom is 0.276 e. The van der Waals surface area contributed by atoms with E-state index in [1.165, 1.54) is 0 Å². The summed E-state index contributed by atoms with van der Waals surface area (Å²) in [5.74, 6) is 0.712. The Morgan fingerprint density at radius 1 is 0.812 bits per heavy atom. The van der Waals surface area contributed by atoms with Crippen LogP contribution in [0.1, 0.15) is 10.4 Å². The molecule has 0 atom stereocenters. The second-order valence-corrected chi connectivity index (χ2v) is 7.69. The van der Waals surface area contributed by atoms with Gasteiger partial charge in [0.15, 0.2) is 6.61 Å². The van der Waals surface area contributed by atoms with Crippen molar-refractivity contribution in [2.75, 3.05) is 19.8 Å². The molecular formula is C23H20BrClN2O5. The molecule has 7 nitrogen and oxygen atoms in total. The SMILES string of the molecule is O=C(COc1ccc(Cl)cc1Br)NNC(=O)c1cccc(OCCOc2ccccc2)c1. The molecule has 0 unspecified atom stereocenters. The van der Waals surface area contributed by atoms with Crippen LogP contribution in [0.25, 0.3) is 0 Å². The van der Waals surface area contributed by atoms with E-state index in [-0.39, 0.29) is 6.61 Å². The highest BCUT2D eigenvalue weighted by Gasteiger charge is 2.10. The zero-order valence-electron chi connectivity index (χ0n) is 16.8. The van der Waals surface area contributed by atoms with E-state index >= 15 is 0 Å². The molecule has 32 heavy (non-hydrogen) atoms. The minimum atomic E-state index is -0.523. The molecule has 0 radical (unpaired) electrons. The number of rotatable bonds is 9. The molecular weight excluding hydrogens is 500 g/mol. The molecule has 166 valence electrons. The topological polar surface area (TPSA) is 85.9 Å². The summed E-state index contributed by atoms with van der Waals surface area (Å²) in [7, 11) is 0. The Balaban J connectivity index is 1.41. The van der Waals surface area contributed by atoms with Crippen molar-refractivity contribution in [3.8, 4) is 17.2 Å². The lowest BCUT2D eigenvalue weighted by Crippen LogP contribution is -2.43. The van der Waals surface area contributed by atoms with Gasteiger partial charge in [-0.25, -0.2) is 0 Å². The Morgan fingerprint density at radius 3 is 2.28 bits per heavy atom. The first-order valence-electron chi connectivity index (χ1n) is 9.59. The predicted molar refractivity (Wildman–Crippen MR) is 124 cm³/mol. The molecule has 0 heterocycles. The van der Waals surface area contributed by atoms with Gasteiger partial charge in [-0.05, 0) is 64.5 Å². The minimum absolute atomic E-state index is 0.287. The Labute approximate surface area is 198 Å². The van der Waals surface area contributed by atoms with Gasteiger partial charge in [0, 0.05) is 10.6 Å². The van der Waals surface area contributed by atoms with Gasteiger partial charge in [0.1, 0.15) is 30.5 Å². The van der Waals surface area contributed by atoms with Gasteiger partial charge in [-0.15, -0.1) is 0 Å². The van der Waals surface area contributed by atoms with Crippen molar-refractivity contribution in [3.05, 3.63) is 87.9 Å². The molecule has 0 fully saturated rings. The van der Waals surface area contributed by atoms with E-state index in [9.17, 15) is 9.59 Å². The largest absolute Gasteiger partial charge is 0.490 e. The number of hydrogen-bond acceptors (Lipinski definition) is 5. The van der Waals surface area contributed by atoms with Crippen LogP contribution in [-0.2, 0) is 4.79 Å². The van der Waals surface area contributed by atoms with E-state index in [0.717, 1.165) is 5.75 Å². The molecule has 3 aromatic rings. The zero-order valence-corrected chi connectivity index (χ0v) is 19.2. The first-order valence-corrected chi connectivity index (χ1v) is 10.8. The number of carbonyl (C=O) groups excluding carboxylic acids is 2. The maximum atomic E-state index is 12.3. The van der Waals surface area contributed by atoms with Gasteiger partial charge in [-0.3, -0.25) is 20.4 Å². The van der Waals surface area contributed by atoms with Gasteiger partial charge in [0.25, 0.3) is 11.8 Å². The first kappa shape index (κ1) is 23.4. The molecule has 0 saturated carbocycles. The van der Waals surface area contributed by atoms with Crippen LogP contribution in [0.15, 0.2) is 77.3 Å². The third-order valence-corrected chi connectivity index (χ3v) is 4.88. The van der Waals surface area contributed by atoms with Crippen molar-refractivity contribution >= 4 is 39.3 Å². The Hall–Kier alpha value is -3.23. The lowest BCUT2D eigenvalue weighted by Gasteiger charge is -2.11. The summed E-state index contributed by atoms with van der Waals surface area (Å²) in [6.45, 7) is 0.388. The van der Waals surface area contributed by atoms with Gasteiger partial charge < -0.3 is 14.2 Å². The smallest absolute Gasteiger partial charge is 0.276 e. The zero-order chi connectivity index (χ0) is 22.8. The van der Waals surface area contributed by atoms with Crippen LogP contribution < -0.4 is 25.1 Å². The fourth-order valence-electron chi connectivity index (χ4n) is 2.53. The number of amides is 2. The normalized spacial score (nSPS) is 10.2. The molecule has 2 amide bonds. The fraction of sp³-hybridized carbons (Fsp3) is 0.130. The van der Waals surface area contributed by atoms with Crippen LogP contribution in [0.3, 0.4) is 0 Å². The molecule has 0 saturated heterocycles. The van der Waals surface area contributed by atoms with E-state index in [1.54, 1.807) is 42.5 Å². The molecule has 0 bridgehead atoms. The summed E-state index contributed by atoms with van der Waals surface area (Å²) in [4.78, 5) is 24.3. The molecule has 0 aromatic heterocycles. The summed E-state index contributed by atoms with van der Waals surface area (Å²) in [6, 6.07) is 20.9. The van der Waals surface area contributed by atoms with E-state index in [0.29, 0.717) is 39.8 Å². The average Bonchev–Trinajstić information content (AvgIpc) is 2.80. The number of nitrogens with one attached hydrogen (secondary N) is 2. The van der Waals surface area contributed by atoms with Crippen molar-refractivity contribution in [1.82, 2.24) is 10.9 Å². The molecule has 9 heteroatoms. The van der Waals surface area contributed by atoms with Crippen molar-refractivity contribution in [2.24, 2.45) is 0 Å². The Bertz CT molecular complexity index is 1070. The van der Waals surface area contributed by atoms with Crippen LogP contribution in [0, 0.1) is 0 Å². The molecule has 3 aromatic carbocycles. The van der Waals surface area contributed by atoms with Gasteiger partial charge in [-0.2, -0.15) is 0 Å². The molecule has 0 spiro atoms. The van der Waals surface area contributed by atoms with Gasteiger partial charge in [-0.1, -0.05) is 35.9 Å². The summed E-state index contributed by atoms with van der Waals surface area (Å²) in [6.07, 6.45) is 0. The summed E-state index contributed by atoms with van der Waals surface area (Å²) < 4.78 is 17.2.